The van der Waals surface area contributed by atoms with E-state index in [2.05, 4.69) is 36.6 Å². The fourth-order valence-corrected chi connectivity index (χ4v) is 2.67. The highest BCUT2D eigenvalue weighted by molar-refractivity contribution is 5.37. The molecule has 1 N–H and O–H groups in total. The third kappa shape index (κ3) is 2.85. The lowest BCUT2D eigenvalue weighted by molar-refractivity contribution is 0.105. The molecule has 1 fully saturated rings. The molecular weight excluding hydrogens is 224 g/mol. The molecular formula is C15H24N2O. The van der Waals surface area contributed by atoms with Crippen LogP contribution in [0.4, 0.5) is 0 Å². The van der Waals surface area contributed by atoms with Crippen LogP contribution in [0.3, 0.4) is 0 Å². The summed E-state index contributed by atoms with van der Waals surface area (Å²) in [6.07, 6.45) is 0. The van der Waals surface area contributed by atoms with Crippen LogP contribution in [-0.4, -0.2) is 47.6 Å². The molecule has 3 heteroatoms. The maximum atomic E-state index is 10.00. The fourth-order valence-electron chi connectivity index (χ4n) is 2.67. The van der Waals surface area contributed by atoms with Crippen LogP contribution in [0.5, 0.6) is 5.75 Å². The molecule has 1 aliphatic rings. The number of hydrogen-bond donors (Lipinski definition) is 1. The number of benzene rings is 1. The fraction of sp³-hybridized carbons (Fsp3) is 0.600. The zero-order valence-electron chi connectivity index (χ0n) is 11.7. The lowest BCUT2D eigenvalue weighted by Gasteiger charge is -2.38. The summed E-state index contributed by atoms with van der Waals surface area (Å²) >= 11 is 0. The Kier molecular flexibility index (Phi) is 4.25. The summed E-state index contributed by atoms with van der Waals surface area (Å²) in [4.78, 5) is 4.93. The van der Waals surface area contributed by atoms with Gasteiger partial charge in [0.2, 0.25) is 0 Å². The van der Waals surface area contributed by atoms with Gasteiger partial charge in [0, 0.05) is 37.8 Å². The molecule has 0 bridgehead atoms. The molecule has 1 aromatic carbocycles. The van der Waals surface area contributed by atoms with Gasteiger partial charge in [-0.15, -0.1) is 0 Å². The van der Waals surface area contributed by atoms with Crippen molar-refractivity contribution in [3.05, 3.63) is 29.3 Å². The molecule has 3 nitrogen and oxygen atoms in total. The minimum Gasteiger partial charge on any atom is -0.508 e. The zero-order chi connectivity index (χ0) is 13.1. The van der Waals surface area contributed by atoms with Crippen LogP contribution in [0.1, 0.15) is 31.0 Å². The van der Waals surface area contributed by atoms with Crippen molar-refractivity contribution in [3.8, 4) is 5.75 Å². The molecule has 1 aromatic rings. The number of aromatic hydroxyl groups is 1. The maximum Gasteiger partial charge on any atom is 0.120 e. The monoisotopic (exact) mass is 248 g/mol. The summed E-state index contributed by atoms with van der Waals surface area (Å²) < 4.78 is 0. The van der Waals surface area contributed by atoms with E-state index in [1.54, 1.807) is 0 Å². The summed E-state index contributed by atoms with van der Waals surface area (Å²) in [5.41, 5.74) is 2.27. The molecule has 1 atom stereocenters. The average Bonchev–Trinajstić information content (AvgIpc) is 2.41. The molecule has 0 aromatic heterocycles. The third-order valence-electron chi connectivity index (χ3n) is 4.03. The van der Waals surface area contributed by atoms with Crippen molar-refractivity contribution in [2.45, 2.75) is 26.8 Å². The molecule has 0 saturated carbocycles. The van der Waals surface area contributed by atoms with E-state index in [-0.39, 0.29) is 0 Å². The first kappa shape index (κ1) is 13.4. The highest BCUT2D eigenvalue weighted by atomic mass is 16.3. The molecule has 18 heavy (non-hydrogen) atoms. The van der Waals surface area contributed by atoms with Crippen molar-refractivity contribution < 1.29 is 5.11 Å². The molecule has 1 aliphatic heterocycles. The molecule has 100 valence electrons. The smallest absolute Gasteiger partial charge is 0.120 e. The van der Waals surface area contributed by atoms with Crippen LogP contribution in [0.15, 0.2) is 18.2 Å². The number of phenolic OH excluding ortho intramolecular Hbond substituents is 1. The van der Waals surface area contributed by atoms with Crippen molar-refractivity contribution >= 4 is 0 Å². The molecule has 1 saturated heterocycles. The van der Waals surface area contributed by atoms with Crippen LogP contribution in [0.25, 0.3) is 0 Å². The predicted molar refractivity (Wildman–Crippen MR) is 74.9 cm³/mol. The minimum atomic E-state index is 0.295. The highest BCUT2D eigenvalue weighted by Crippen LogP contribution is 2.29. The maximum absolute atomic E-state index is 10.00. The molecule has 0 spiro atoms. The normalized spacial score (nSPS) is 19.9. The largest absolute Gasteiger partial charge is 0.508 e. The Bertz CT molecular complexity index is 397. The van der Waals surface area contributed by atoms with Gasteiger partial charge in [0.15, 0.2) is 0 Å². The molecule has 1 heterocycles. The van der Waals surface area contributed by atoms with Crippen LogP contribution in [0.2, 0.25) is 0 Å². The number of aryl methyl sites for hydroxylation is 1. The topological polar surface area (TPSA) is 26.7 Å². The second-order valence-electron chi connectivity index (χ2n) is 5.21. The third-order valence-corrected chi connectivity index (χ3v) is 4.03. The first-order valence-corrected chi connectivity index (χ1v) is 6.87. The Hall–Kier alpha value is -1.06. The number of rotatable bonds is 3. The van der Waals surface area contributed by atoms with E-state index >= 15 is 0 Å². The van der Waals surface area contributed by atoms with Crippen molar-refractivity contribution in [2.75, 3.05) is 32.7 Å². The summed E-state index contributed by atoms with van der Waals surface area (Å²) in [6, 6.07) is 6.17. The SMILES string of the molecule is CCN1CCN(C(C)c2cc(C)ccc2O)CC1. The number of likely N-dealkylation sites (N-methyl/N-ethyl adjacent to an activating group) is 1. The van der Waals surface area contributed by atoms with Gasteiger partial charge >= 0.3 is 0 Å². The first-order chi connectivity index (χ1) is 8.61. The van der Waals surface area contributed by atoms with Crippen LogP contribution < -0.4 is 0 Å². The van der Waals surface area contributed by atoms with Gasteiger partial charge in [-0.25, -0.2) is 0 Å². The van der Waals surface area contributed by atoms with E-state index in [0.29, 0.717) is 11.8 Å². The number of hydrogen-bond acceptors (Lipinski definition) is 3. The molecule has 2 rings (SSSR count). The number of phenols is 1. The van der Waals surface area contributed by atoms with Gasteiger partial charge in [0.25, 0.3) is 0 Å². The second kappa shape index (κ2) is 5.72. The van der Waals surface area contributed by atoms with Crippen molar-refractivity contribution in [3.63, 3.8) is 0 Å². The quantitative estimate of drug-likeness (QED) is 0.890. The van der Waals surface area contributed by atoms with E-state index in [1.165, 1.54) is 5.56 Å². The average molecular weight is 248 g/mol. The van der Waals surface area contributed by atoms with Gasteiger partial charge in [-0.05, 0) is 26.5 Å². The second-order valence-corrected chi connectivity index (χ2v) is 5.21. The van der Waals surface area contributed by atoms with E-state index in [4.69, 9.17) is 0 Å². The molecule has 0 radical (unpaired) electrons. The van der Waals surface area contributed by atoms with Crippen molar-refractivity contribution in [1.82, 2.24) is 9.80 Å². The van der Waals surface area contributed by atoms with E-state index in [1.807, 2.05) is 12.1 Å². The number of nitrogens with zero attached hydrogens (tertiary/aromatic N) is 2. The van der Waals surface area contributed by atoms with Crippen LogP contribution >= 0.6 is 0 Å². The van der Waals surface area contributed by atoms with Gasteiger partial charge in [0.05, 0.1) is 0 Å². The van der Waals surface area contributed by atoms with Crippen LogP contribution in [-0.2, 0) is 0 Å². The van der Waals surface area contributed by atoms with Crippen LogP contribution in [0, 0.1) is 6.92 Å². The van der Waals surface area contributed by atoms with Gasteiger partial charge in [-0.3, -0.25) is 4.90 Å². The van der Waals surface area contributed by atoms with Gasteiger partial charge in [0.1, 0.15) is 5.75 Å². The van der Waals surface area contributed by atoms with Crippen molar-refractivity contribution in [1.29, 1.82) is 0 Å². The molecule has 0 aliphatic carbocycles. The van der Waals surface area contributed by atoms with Gasteiger partial charge in [-0.2, -0.15) is 0 Å². The number of piperazine rings is 1. The van der Waals surface area contributed by atoms with Gasteiger partial charge < -0.3 is 10.0 Å². The lowest BCUT2D eigenvalue weighted by Crippen LogP contribution is -2.46. The van der Waals surface area contributed by atoms with E-state index < -0.39 is 0 Å². The Morgan fingerprint density at radius 1 is 1.22 bits per heavy atom. The minimum absolute atomic E-state index is 0.295. The Morgan fingerprint density at radius 2 is 1.89 bits per heavy atom. The lowest BCUT2D eigenvalue weighted by atomic mass is 10.0. The summed E-state index contributed by atoms with van der Waals surface area (Å²) in [5.74, 6) is 0.422. The zero-order valence-corrected chi connectivity index (χ0v) is 11.7. The summed E-state index contributed by atoms with van der Waals surface area (Å²) in [6.45, 7) is 12.1. The first-order valence-electron chi connectivity index (χ1n) is 6.87. The summed E-state index contributed by atoms with van der Waals surface area (Å²) in [7, 11) is 0. The van der Waals surface area contributed by atoms with E-state index in [0.717, 1.165) is 38.3 Å². The van der Waals surface area contributed by atoms with Crippen molar-refractivity contribution in [2.24, 2.45) is 0 Å². The van der Waals surface area contributed by atoms with Gasteiger partial charge in [-0.1, -0.05) is 24.6 Å². The summed E-state index contributed by atoms with van der Waals surface area (Å²) in [5, 5.41) is 10.00. The standard InChI is InChI=1S/C15H24N2O/c1-4-16-7-9-17(10-8-16)13(3)14-11-12(2)5-6-15(14)18/h5-6,11,13,18H,4,7-10H2,1-3H3. The van der Waals surface area contributed by atoms with E-state index in [9.17, 15) is 5.11 Å². The highest BCUT2D eigenvalue weighted by Gasteiger charge is 2.22. The Labute approximate surface area is 110 Å². The Balaban J connectivity index is 2.07. The predicted octanol–water partition coefficient (Wildman–Crippen LogP) is 2.40. The molecule has 1 unspecified atom stereocenters. The Morgan fingerprint density at radius 3 is 2.50 bits per heavy atom. The molecule has 0 amide bonds.